The minimum atomic E-state index is -0.895. The summed E-state index contributed by atoms with van der Waals surface area (Å²) < 4.78 is 1.11. The Bertz CT molecular complexity index is 528. The van der Waals surface area contributed by atoms with Crippen LogP contribution < -0.4 is 5.32 Å². The number of nitrogens with one attached hydrogen (secondary N) is 1. The van der Waals surface area contributed by atoms with E-state index in [1.165, 1.54) is 16.2 Å². The quantitative estimate of drug-likeness (QED) is 0.803. The Hall–Kier alpha value is -1.08. The summed E-state index contributed by atoms with van der Waals surface area (Å²) in [7, 11) is 1.62. The van der Waals surface area contributed by atoms with Crippen molar-refractivity contribution in [3.63, 3.8) is 0 Å². The Morgan fingerprint density at radius 2 is 2.19 bits per heavy atom. The van der Waals surface area contributed by atoms with Gasteiger partial charge in [-0.25, -0.2) is 4.79 Å². The molecule has 2 amide bonds. The smallest absolute Gasteiger partial charge is 0.317 e. The number of amides is 2. The van der Waals surface area contributed by atoms with Gasteiger partial charge < -0.3 is 15.3 Å². The normalized spacial score (nSPS) is 16.1. The molecule has 1 aliphatic carbocycles. The lowest BCUT2D eigenvalue weighted by molar-refractivity contribution is -0.137. The summed E-state index contributed by atoms with van der Waals surface area (Å²) >= 11 is 5.20. The van der Waals surface area contributed by atoms with E-state index in [1.54, 1.807) is 18.4 Å². The molecule has 1 heterocycles. The average molecular weight is 375 g/mol. The summed E-state index contributed by atoms with van der Waals surface area (Å²) in [6, 6.07) is 3.95. The number of carboxylic acids is 1. The Kier molecular flexibility index (Phi) is 5.27. The molecular formula is C14H19BrN2O3S. The number of carbonyl (C=O) groups excluding carboxylic acids is 1. The molecule has 1 fully saturated rings. The minimum Gasteiger partial charge on any atom is -0.481 e. The van der Waals surface area contributed by atoms with Gasteiger partial charge in [0.2, 0.25) is 0 Å². The Morgan fingerprint density at radius 3 is 2.67 bits per heavy atom. The number of thiophene rings is 1. The van der Waals surface area contributed by atoms with Crippen LogP contribution in [-0.2, 0) is 10.2 Å². The van der Waals surface area contributed by atoms with Gasteiger partial charge in [-0.1, -0.05) is 6.42 Å². The van der Waals surface area contributed by atoms with Crippen LogP contribution in [0.2, 0.25) is 0 Å². The third-order valence-corrected chi connectivity index (χ3v) is 5.86. The van der Waals surface area contributed by atoms with E-state index in [1.807, 2.05) is 6.07 Å². The van der Waals surface area contributed by atoms with Crippen LogP contribution in [-0.4, -0.2) is 42.1 Å². The molecule has 0 unspecified atom stereocenters. The third kappa shape index (κ3) is 3.97. The lowest BCUT2D eigenvalue weighted by Crippen LogP contribution is -2.48. The van der Waals surface area contributed by atoms with Crippen LogP contribution in [0.3, 0.4) is 0 Å². The highest BCUT2D eigenvalue weighted by atomic mass is 79.9. The molecule has 2 N–H and O–H groups in total. The molecular weight excluding hydrogens is 356 g/mol. The number of hydrogen-bond donors (Lipinski definition) is 2. The first-order chi connectivity index (χ1) is 9.93. The molecule has 116 valence electrons. The highest BCUT2D eigenvalue weighted by Gasteiger charge is 2.40. The SMILES string of the molecule is CN(CCC(=O)O)C(=O)NCC1(c2ccc(Br)s2)CCC1. The van der Waals surface area contributed by atoms with Gasteiger partial charge in [0.1, 0.15) is 0 Å². The number of rotatable bonds is 6. The van der Waals surface area contributed by atoms with Gasteiger partial charge in [0.25, 0.3) is 0 Å². The van der Waals surface area contributed by atoms with Crippen molar-refractivity contribution in [1.82, 2.24) is 10.2 Å². The summed E-state index contributed by atoms with van der Waals surface area (Å²) in [5, 5.41) is 11.6. The molecule has 1 aliphatic rings. The maximum absolute atomic E-state index is 12.0. The van der Waals surface area contributed by atoms with Gasteiger partial charge in [0.05, 0.1) is 10.2 Å². The van der Waals surface area contributed by atoms with Gasteiger partial charge in [0, 0.05) is 30.4 Å². The number of halogens is 1. The summed E-state index contributed by atoms with van der Waals surface area (Å²) in [6.07, 6.45) is 3.31. The predicted octanol–water partition coefficient (Wildman–Crippen LogP) is 3.05. The van der Waals surface area contributed by atoms with Gasteiger partial charge in [-0.05, 0) is 40.9 Å². The van der Waals surface area contributed by atoms with Crippen LogP contribution in [0.25, 0.3) is 0 Å². The molecule has 1 aromatic rings. The topological polar surface area (TPSA) is 69.6 Å². The number of hydrogen-bond acceptors (Lipinski definition) is 3. The predicted molar refractivity (Wildman–Crippen MR) is 85.8 cm³/mol. The van der Waals surface area contributed by atoms with E-state index < -0.39 is 5.97 Å². The Labute approximate surface area is 136 Å². The Morgan fingerprint density at radius 1 is 1.48 bits per heavy atom. The zero-order valence-corrected chi connectivity index (χ0v) is 14.3. The summed E-state index contributed by atoms with van der Waals surface area (Å²) in [5.74, 6) is -0.895. The largest absolute Gasteiger partial charge is 0.481 e. The standard InChI is InChI=1S/C14H19BrN2O3S/c1-17(8-5-12(18)19)13(20)16-9-14(6-2-7-14)10-3-4-11(15)21-10/h3-4H,2,5-9H2,1H3,(H,16,20)(H,18,19). The minimum absolute atomic E-state index is 0.0348. The van der Waals surface area contributed by atoms with Gasteiger partial charge in [-0.2, -0.15) is 0 Å². The number of urea groups is 1. The molecule has 0 bridgehead atoms. The third-order valence-electron chi connectivity index (χ3n) is 3.99. The van der Waals surface area contributed by atoms with Crippen LogP contribution in [0.5, 0.6) is 0 Å². The van der Waals surface area contributed by atoms with E-state index in [2.05, 4.69) is 27.3 Å². The fourth-order valence-electron chi connectivity index (χ4n) is 2.46. The molecule has 2 rings (SSSR count). The van der Waals surface area contributed by atoms with E-state index in [-0.39, 0.29) is 24.4 Å². The first kappa shape index (κ1) is 16.3. The summed E-state index contributed by atoms with van der Waals surface area (Å²) in [6.45, 7) is 0.828. The van der Waals surface area contributed by atoms with Crippen molar-refractivity contribution >= 4 is 39.3 Å². The number of carboxylic acid groups (broad SMARTS) is 1. The second-order valence-corrected chi connectivity index (χ2v) is 7.92. The zero-order chi connectivity index (χ0) is 15.5. The van der Waals surface area contributed by atoms with Crippen molar-refractivity contribution in [2.45, 2.75) is 31.1 Å². The average Bonchev–Trinajstić information content (AvgIpc) is 2.81. The first-order valence-corrected chi connectivity index (χ1v) is 8.50. The van der Waals surface area contributed by atoms with Crippen molar-refractivity contribution in [1.29, 1.82) is 0 Å². The van der Waals surface area contributed by atoms with E-state index >= 15 is 0 Å². The molecule has 5 nitrogen and oxygen atoms in total. The number of nitrogens with zero attached hydrogens (tertiary/aromatic N) is 1. The monoisotopic (exact) mass is 374 g/mol. The van der Waals surface area contributed by atoms with Gasteiger partial charge in [0.15, 0.2) is 0 Å². The molecule has 1 aromatic heterocycles. The van der Waals surface area contributed by atoms with Crippen molar-refractivity contribution < 1.29 is 14.7 Å². The van der Waals surface area contributed by atoms with Crippen molar-refractivity contribution in [2.24, 2.45) is 0 Å². The molecule has 0 saturated heterocycles. The molecule has 1 saturated carbocycles. The second kappa shape index (κ2) is 6.79. The van der Waals surface area contributed by atoms with E-state index in [9.17, 15) is 9.59 Å². The van der Waals surface area contributed by atoms with Gasteiger partial charge >= 0.3 is 12.0 Å². The van der Waals surface area contributed by atoms with Gasteiger partial charge in [-0.15, -0.1) is 11.3 Å². The first-order valence-electron chi connectivity index (χ1n) is 6.89. The van der Waals surface area contributed by atoms with Crippen LogP contribution in [0, 0.1) is 0 Å². The number of aliphatic carboxylic acids is 1. The van der Waals surface area contributed by atoms with E-state index in [4.69, 9.17) is 5.11 Å². The zero-order valence-electron chi connectivity index (χ0n) is 11.9. The molecule has 21 heavy (non-hydrogen) atoms. The second-order valence-electron chi connectivity index (χ2n) is 5.46. The fraction of sp³-hybridized carbons (Fsp3) is 0.571. The van der Waals surface area contributed by atoms with Crippen LogP contribution in [0.1, 0.15) is 30.6 Å². The fourth-order valence-corrected chi connectivity index (χ4v) is 4.09. The maximum Gasteiger partial charge on any atom is 0.317 e. The maximum atomic E-state index is 12.0. The highest BCUT2D eigenvalue weighted by molar-refractivity contribution is 9.11. The van der Waals surface area contributed by atoms with Crippen molar-refractivity contribution in [3.8, 4) is 0 Å². The van der Waals surface area contributed by atoms with Crippen LogP contribution in [0.4, 0.5) is 4.79 Å². The van der Waals surface area contributed by atoms with Crippen LogP contribution in [0.15, 0.2) is 15.9 Å². The number of carbonyl (C=O) groups is 2. The van der Waals surface area contributed by atoms with E-state index in [0.29, 0.717) is 6.54 Å². The van der Waals surface area contributed by atoms with Gasteiger partial charge in [-0.3, -0.25) is 4.79 Å². The summed E-state index contributed by atoms with van der Waals surface area (Å²) in [4.78, 5) is 25.2. The van der Waals surface area contributed by atoms with Crippen LogP contribution >= 0.6 is 27.3 Å². The highest BCUT2D eigenvalue weighted by Crippen LogP contribution is 2.46. The lowest BCUT2D eigenvalue weighted by atomic mass is 9.68. The lowest BCUT2D eigenvalue weighted by Gasteiger charge is -2.41. The summed E-state index contributed by atoms with van der Waals surface area (Å²) in [5.41, 5.74) is 0.0555. The molecule has 0 atom stereocenters. The molecule has 0 radical (unpaired) electrons. The van der Waals surface area contributed by atoms with Crippen molar-refractivity contribution in [3.05, 3.63) is 20.8 Å². The molecule has 0 spiro atoms. The molecule has 7 heteroatoms. The van der Waals surface area contributed by atoms with E-state index in [0.717, 1.165) is 16.6 Å². The molecule has 0 aliphatic heterocycles. The van der Waals surface area contributed by atoms with Crippen molar-refractivity contribution in [2.75, 3.05) is 20.1 Å². The molecule has 0 aromatic carbocycles. The Balaban J connectivity index is 1.88.